The highest BCUT2D eigenvalue weighted by Crippen LogP contribution is 2.32. The molecule has 2 atom stereocenters. The molecule has 0 aliphatic carbocycles. The summed E-state index contributed by atoms with van der Waals surface area (Å²) in [5.41, 5.74) is 1.94. The summed E-state index contributed by atoms with van der Waals surface area (Å²) in [5.74, 6) is -0.000428. The van der Waals surface area contributed by atoms with E-state index >= 15 is 0 Å². The Morgan fingerprint density at radius 3 is 2.63 bits per heavy atom. The van der Waals surface area contributed by atoms with Gasteiger partial charge in [-0.1, -0.05) is 56.0 Å². The lowest BCUT2D eigenvalue weighted by molar-refractivity contribution is -0.0233. The van der Waals surface area contributed by atoms with Crippen LogP contribution in [0.2, 0.25) is 25.7 Å². The van der Waals surface area contributed by atoms with E-state index in [1.54, 1.807) is 23.1 Å². The van der Waals surface area contributed by atoms with Crippen LogP contribution in [-0.4, -0.2) is 50.0 Å². The van der Waals surface area contributed by atoms with Crippen molar-refractivity contribution in [2.75, 3.05) is 19.7 Å². The van der Waals surface area contributed by atoms with E-state index in [4.69, 9.17) is 9.47 Å². The number of hydrogen-bond acceptors (Lipinski definition) is 4. The lowest BCUT2D eigenvalue weighted by Crippen LogP contribution is -2.47. The number of ether oxygens (including phenoxy) is 2. The molecule has 1 amide bonds. The second kappa shape index (κ2) is 10.8. The maximum absolute atomic E-state index is 13.5. The van der Waals surface area contributed by atoms with Crippen molar-refractivity contribution in [3.63, 3.8) is 0 Å². The fourth-order valence-electron chi connectivity index (χ4n) is 4.47. The van der Waals surface area contributed by atoms with Crippen LogP contribution in [0.25, 0.3) is 10.8 Å². The third kappa shape index (κ3) is 6.61. The number of hydrogen-bond donors (Lipinski definition) is 1. The highest BCUT2D eigenvalue weighted by Gasteiger charge is 2.34. The molecule has 2 unspecified atom stereocenters. The summed E-state index contributed by atoms with van der Waals surface area (Å²) in [6.45, 7) is 8.52. The average molecular weight is 496 g/mol. The topological polar surface area (TPSA) is 59.0 Å². The van der Waals surface area contributed by atoms with Gasteiger partial charge in [0.2, 0.25) is 0 Å². The van der Waals surface area contributed by atoms with Gasteiger partial charge in [-0.05, 0) is 53.2 Å². The Kier molecular flexibility index (Phi) is 7.77. The molecule has 186 valence electrons. The summed E-state index contributed by atoms with van der Waals surface area (Å²) in [6.07, 6.45) is 0.140. The fourth-order valence-corrected chi connectivity index (χ4v) is 5.19. The van der Waals surface area contributed by atoms with E-state index in [-0.39, 0.29) is 29.7 Å². The van der Waals surface area contributed by atoms with Gasteiger partial charge >= 0.3 is 6.09 Å². The van der Waals surface area contributed by atoms with Crippen molar-refractivity contribution < 1.29 is 23.8 Å². The van der Waals surface area contributed by atoms with E-state index in [9.17, 15) is 14.3 Å². The number of fused-ring (bicyclic) bond motifs is 1. The van der Waals surface area contributed by atoms with E-state index in [1.165, 1.54) is 12.1 Å². The van der Waals surface area contributed by atoms with E-state index in [1.807, 2.05) is 30.3 Å². The van der Waals surface area contributed by atoms with Gasteiger partial charge in [0.25, 0.3) is 0 Å². The average Bonchev–Trinajstić information content (AvgIpc) is 2.83. The highest BCUT2D eigenvalue weighted by atomic mass is 28.3. The largest absolute Gasteiger partial charge is 0.507 e. The lowest BCUT2D eigenvalue weighted by atomic mass is 9.87. The molecular weight excluding hydrogens is 461 g/mol. The number of likely N-dealkylation sites (tertiary alicyclic amines) is 1. The maximum Gasteiger partial charge on any atom is 0.409 e. The van der Waals surface area contributed by atoms with Crippen LogP contribution in [0.15, 0.2) is 60.7 Å². The summed E-state index contributed by atoms with van der Waals surface area (Å²) < 4.78 is 25.5. The van der Waals surface area contributed by atoms with Crippen molar-refractivity contribution in [1.29, 1.82) is 0 Å². The lowest BCUT2D eigenvalue weighted by Gasteiger charge is -2.38. The number of aromatic hydroxyl groups is 1. The summed E-state index contributed by atoms with van der Waals surface area (Å²) in [4.78, 5) is 14.5. The van der Waals surface area contributed by atoms with Gasteiger partial charge in [-0.25, -0.2) is 9.18 Å². The van der Waals surface area contributed by atoms with Crippen molar-refractivity contribution in [2.24, 2.45) is 0 Å². The number of carbonyl (C=O) groups is 1. The molecule has 5 nitrogen and oxygen atoms in total. The Bertz CT molecular complexity index is 1160. The normalized spacial score (nSPS) is 18.6. The van der Waals surface area contributed by atoms with Crippen molar-refractivity contribution >= 4 is 24.9 Å². The molecule has 1 heterocycles. The Labute approximate surface area is 207 Å². The third-order valence-electron chi connectivity index (χ3n) is 6.58. The first-order chi connectivity index (χ1) is 16.7. The minimum atomic E-state index is -1.29. The molecular formula is C28H34FNO4Si. The number of phenolic OH excluding ortho intramolecular Hbond substituents is 1. The van der Waals surface area contributed by atoms with E-state index in [0.29, 0.717) is 32.7 Å². The van der Waals surface area contributed by atoms with E-state index in [0.717, 1.165) is 27.9 Å². The van der Waals surface area contributed by atoms with Crippen LogP contribution < -0.4 is 0 Å². The van der Waals surface area contributed by atoms with Crippen LogP contribution in [0.1, 0.15) is 23.5 Å². The molecule has 0 bridgehead atoms. The van der Waals surface area contributed by atoms with Crippen LogP contribution in [-0.2, 0) is 16.1 Å². The monoisotopic (exact) mass is 495 g/mol. The van der Waals surface area contributed by atoms with E-state index in [2.05, 4.69) is 19.6 Å². The molecule has 1 N–H and O–H groups in total. The molecule has 7 heteroatoms. The number of amides is 1. The quantitative estimate of drug-likeness (QED) is 0.379. The van der Waals surface area contributed by atoms with Crippen LogP contribution >= 0.6 is 0 Å². The first kappa shape index (κ1) is 25.2. The summed E-state index contributed by atoms with van der Waals surface area (Å²) >= 11 is 0. The number of piperidine rings is 1. The fraction of sp³-hybridized carbons (Fsp3) is 0.393. The molecule has 35 heavy (non-hydrogen) atoms. The van der Waals surface area contributed by atoms with Gasteiger partial charge in [0.05, 0.1) is 25.9 Å². The number of benzene rings is 3. The van der Waals surface area contributed by atoms with Crippen molar-refractivity contribution in [3.8, 4) is 5.75 Å². The minimum absolute atomic E-state index is 0.0375. The zero-order chi connectivity index (χ0) is 25.0. The maximum atomic E-state index is 13.5. The zero-order valence-electron chi connectivity index (χ0n) is 20.7. The van der Waals surface area contributed by atoms with Gasteiger partial charge in [0.1, 0.15) is 11.6 Å². The molecule has 0 aromatic heterocycles. The molecule has 1 fully saturated rings. The Balaban J connectivity index is 1.47. The second-order valence-electron chi connectivity index (χ2n) is 10.5. The van der Waals surface area contributed by atoms with Crippen LogP contribution in [0, 0.1) is 5.82 Å². The first-order valence-corrected chi connectivity index (χ1v) is 15.9. The molecule has 4 rings (SSSR count). The Morgan fingerprint density at radius 2 is 1.89 bits per heavy atom. The van der Waals surface area contributed by atoms with Crippen molar-refractivity contribution in [3.05, 3.63) is 77.6 Å². The molecule has 0 radical (unpaired) electrons. The first-order valence-electron chi connectivity index (χ1n) is 12.2. The van der Waals surface area contributed by atoms with Gasteiger partial charge in [0, 0.05) is 25.9 Å². The summed E-state index contributed by atoms with van der Waals surface area (Å²) in [5, 5.41) is 12.0. The Hall–Kier alpha value is -2.90. The summed E-state index contributed by atoms with van der Waals surface area (Å²) in [6, 6.07) is 18.8. The molecule has 0 spiro atoms. The third-order valence-corrected chi connectivity index (χ3v) is 8.28. The van der Waals surface area contributed by atoms with Crippen molar-refractivity contribution in [2.45, 2.75) is 50.7 Å². The number of halogens is 1. The smallest absolute Gasteiger partial charge is 0.409 e. The van der Waals surface area contributed by atoms with Gasteiger partial charge in [-0.15, -0.1) is 0 Å². The highest BCUT2D eigenvalue weighted by molar-refractivity contribution is 6.76. The molecule has 3 aromatic carbocycles. The van der Waals surface area contributed by atoms with Crippen LogP contribution in [0.5, 0.6) is 5.75 Å². The molecule has 1 saturated heterocycles. The van der Waals surface area contributed by atoms with Gasteiger partial charge in [0.15, 0.2) is 0 Å². The molecule has 1 aliphatic heterocycles. The number of rotatable bonds is 7. The van der Waals surface area contributed by atoms with Gasteiger partial charge < -0.3 is 19.5 Å². The zero-order valence-corrected chi connectivity index (χ0v) is 21.7. The molecule has 3 aromatic rings. The predicted octanol–water partition coefficient (Wildman–Crippen LogP) is 6.53. The van der Waals surface area contributed by atoms with Crippen LogP contribution in [0.4, 0.5) is 9.18 Å². The summed E-state index contributed by atoms with van der Waals surface area (Å²) in [7, 11) is -1.29. The predicted molar refractivity (Wildman–Crippen MR) is 139 cm³/mol. The van der Waals surface area contributed by atoms with Crippen molar-refractivity contribution in [1.82, 2.24) is 4.90 Å². The second-order valence-corrected chi connectivity index (χ2v) is 16.1. The number of carbonyl (C=O) groups excluding carboxylic acids is 1. The standard InChI is InChI=1S/C28H34FNO4Si/c1-35(2,3)16-15-33-28(32)30-14-13-24(22-9-11-23(29)12-10-22)27(18-30)34-19-20-7-8-21-5-4-6-26(31)25(21)17-20/h4-12,17,24,27,31H,13-16,18-19H2,1-3H3. The number of nitrogens with zero attached hydrogens (tertiary/aromatic N) is 1. The minimum Gasteiger partial charge on any atom is -0.507 e. The SMILES string of the molecule is C[Si](C)(C)CCOC(=O)N1CCC(c2ccc(F)cc2)C(OCc2ccc3cccc(O)c3c2)C1. The van der Waals surface area contributed by atoms with Gasteiger partial charge in [-0.2, -0.15) is 0 Å². The molecule has 0 saturated carbocycles. The molecule has 1 aliphatic rings. The Morgan fingerprint density at radius 1 is 1.11 bits per heavy atom. The van der Waals surface area contributed by atoms with E-state index < -0.39 is 8.07 Å². The number of phenols is 1. The van der Waals surface area contributed by atoms with Crippen LogP contribution in [0.3, 0.4) is 0 Å². The van der Waals surface area contributed by atoms with Gasteiger partial charge in [-0.3, -0.25) is 0 Å².